The monoisotopic (exact) mass is 1150 g/mol. The number of carbonyl (C=O) groups is 2. The molecule has 0 radical (unpaired) electrons. The van der Waals surface area contributed by atoms with Gasteiger partial charge < -0.3 is 89.5 Å². The molecule has 2 aliphatic heterocycles. The van der Waals surface area contributed by atoms with Crippen molar-refractivity contribution in [2.24, 2.45) is 0 Å². The van der Waals surface area contributed by atoms with Crippen molar-refractivity contribution in [3.05, 3.63) is 12.2 Å². The van der Waals surface area contributed by atoms with Crippen LogP contribution in [0.2, 0.25) is 0 Å². The van der Waals surface area contributed by atoms with Gasteiger partial charge in [-0.1, -0.05) is 148 Å². The maximum Gasteiger partial charge on any atom is 0.472 e. The fraction of sp³-hybridized carbons (Fsp3) is 0.926. The highest BCUT2D eigenvalue weighted by molar-refractivity contribution is 7.47. The summed E-state index contributed by atoms with van der Waals surface area (Å²) in [5.41, 5.74) is 0. The van der Waals surface area contributed by atoms with Gasteiger partial charge >= 0.3 is 19.8 Å². The maximum absolute atomic E-state index is 14.0. The third-order valence-corrected chi connectivity index (χ3v) is 15.6. The molecule has 3 rings (SSSR count). The zero-order valence-electron chi connectivity index (χ0n) is 46.2. The maximum atomic E-state index is 14.0. The van der Waals surface area contributed by atoms with Crippen molar-refractivity contribution in [3.8, 4) is 0 Å². The van der Waals surface area contributed by atoms with Gasteiger partial charge in [-0.2, -0.15) is 0 Å². The van der Waals surface area contributed by atoms with Gasteiger partial charge in [0.2, 0.25) is 0 Å². The van der Waals surface area contributed by atoms with E-state index in [2.05, 4.69) is 26.0 Å². The van der Waals surface area contributed by atoms with Crippen LogP contribution in [0.1, 0.15) is 187 Å². The fourth-order valence-corrected chi connectivity index (χ4v) is 10.7. The van der Waals surface area contributed by atoms with Crippen LogP contribution in [0, 0.1) is 0 Å². The van der Waals surface area contributed by atoms with Crippen LogP contribution in [0.15, 0.2) is 12.2 Å². The molecule has 458 valence electrons. The summed E-state index contributed by atoms with van der Waals surface area (Å²) in [7, 11) is -5.63. The van der Waals surface area contributed by atoms with E-state index in [1.54, 1.807) is 0 Å². The van der Waals surface area contributed by atoms with E-state index < -0.39 is 150 Å². The normalized spacial score (nSPS) is 31.8. The third-order valence-electron chi connectivity index (χ3n) is 14.6. The van der Waals surface area contributed by atoms with Crippen LogP contribution in [0.25, 0.3) is 0 Å². The van der Waals surface area contributed by atoms with E-state index in [1.807, 2.05) is 0 Å². The summed E-state index contributed by atoms with van der Waals surface area (Å²) in [6.07, 6.45) is -3.66. The van der Waals surface area contributed by atoms with Crippen LogP contribution < -0.4 is 0 Å². The molecule has 2 saturated heterocycles. The molecule has 3 aliphatic rings. The summed E-state index contributed by atoms with van der Waals surface area (Å²) in [5, 5.41) is 116. The number of aliphatic hydroxyl groups excluding tert-OH is 11. The van der Waals surface area contributed by atoms with Gasteiger partial charge in [-0.05, 0) is 38.5 Å². The third kappa shape index (κ3) is 25.4. The lowest BCUT2D eigenvalue weighted by Crippen LogP contribution is -2.69. The highest BCUT2D eigenvalue weighted by atomic mass is 31.2. The number of hydrogen-bond donors (Lipinski definition) is 12. The Bertz CT molecular complexity index is 1610. The first-order valence-corrected chi connectivity index (χ1v) is 30.5. The van der Waals surface area contributed by atoms with Crippen molar-refractivity contribution in [1.82, 2.24) is 0 Å². The van der Waals surface area contributed by atoms with Crippen LogP contribution in [0.3, 0.4) is 0 Å². The SMILES string of the molecule is CCCCCCCCC=CCCCCCC(=O)OCC(COP(=O)(O)OC1C(OC2OC(CO)C(O)C(O)C2O)C(O)C(O)C(O)C1OC1OC(CO)C(O)C(O)C1O)OC(=O)CCCCCCCCCCCCCCCC. The number of hydrogen-bond acceptors (Lipinski definition) is 22. The van der Waals surface area contributed by atoms with E-state index in [1.165, 1.54) is 83.5 Å². The molecular weight excluding hydrogens is 1050 g/mol. The molecule has 12 N–H and O–H groups in total. The molecule has 16 atom stereocenters. The van der Waals surface area contributed by atoms with E-state index >= 15 is 0 Å². The number of esters is 2. The minimum absolute atomic E-state index is 0.0305. The van der Waals surface area contributed by atoms with Gasteiger partial charge in [0.15, 0.2) is 18.7 Å². The molecule has 1 saturated carbocycles. The Labute approximate surface area is 461 Å². The van der Waals surface area contributed by atoms with E-state index in [0.29, 0.717) is 12.8 Å². The lowest BCUT2D eigenvalue weighted by Gasteiger charge is -2.49. The second kappa shape index (κ2) is 39.6. The Morgan fingerprint density at radius 1 is 0.474 bits per heavy atom. The number of aliphatic hydroxyl groups is 11. The van der Waals surface area contributed by atoms with E-state index in [0.717, 1.165) is 64.2 Å². The molecule has 1 aliphatic carbocycles. The Hall–Kier alpha value is -1.81. The molecular formula is C54H99O23P. The molecule has 3 fully saturated rings. The fourth-order valence-electron chi connectivity index (χ4n) is 9.70. The largest absolute Gasteiger partial charge is 0.472 e. The average molecular weight is 1150 g/mol. The lowest BCUT2D eigenvalue weighted by molar-refractivity contribution is -0.360. The van der Waals surface area contributed by atoms with E-state index in [4.69, 9.17) is 37.5 Å². The van der Waals surface area contributed by atoms with Crippen LogP contribution in [-0.4, -0.2) is 204 Å². The van der Waals surface area contributed by atoms with Gasteiger partial charge in [-0.25, -0.2) is 4.57 Å². The van der Waals surface area contributed by atoms with Crippen LogP contribution in [0.4, 0.5) is 0 Å². The second-order valence-electron chi connectivity index (χ2n) is 21.2. The predicted octanol–water partition coefficient (Wildman–Crippen LogP) is 3.54. The lowest BCUT2D eigenvalue weighted by atomic mass is 9.84. The number of rotatable bonds is 42. The molecule has 24 heteroatoms. The van der Waals surface area contributed by atoms with E-state index in [9.17, 15) is 75.2 Å². The molecule has 0 aromatic heterocycles. The van der Waals surface area contributed by atoms with Gasteiger partial charge in [0.1, 0.15) is 92.1 Å². The standard InChI is InChI=1S/C54H99O23P/c1-3-5-7-9-11-13-15-17-19-21-23-25-27-29-31-40(58)72-36(34-70-39(57)30-28-26-24-22-20-18-16-14-12-10-8-6-4-2)35-71-78(68,69)77-52-50(75-53-48(66)43(61)41(59)37(32-55)73-53)46(64)45(63)47(65)51(52)76-54-49(67)44(62)42(60)38(33-56)74-54/h18,20,36-38,41-56,59-67H,3-17,19,21-35H2,1-2H3,(H,68,69). The zero-order valence-corrected chi connectivity index (χ0v) is 47.1. The molecule has 0 aromatic rings. The van der Waals surface area contributed by atoms with Gasteiger partial charge in [-0.3, -0.25) is 18.6 Å². The van der Waals surface area contributed by atoms with Crippen molar-refractivity contribution in [2.75, 3.05) is 26.4 Å². The molecule has 0 bridgehead atoms. The molecule has 2 heterocycles. The number of phosphoric ester groups is 1. The van der Waals surface area contributed by atoms with Crippen molar-refractivity contribution >= 4 is 19.8 Å². The molecule has 0 aromatic carbocycles. The highest BCUT2D eigenvalue weighted by Crippen LogP contribution is 2.49. The van der Waals surface area contributed by atoms with Crippen molar-refractivity contribution in [3.63, 3.8) is 0 Å². The number of allylic oxidation sites excluding steroid dienone is 2. The minimum Gasteiger partial charge on any atom is -0.462 e. The highest BCUT2D eigenvalue weighted by Gasteiger charge is 2.58. The quantitative estimate of drug-likeness (QED) is 0.0180. The van der Waals surface area contributed by atoms with Crippen molar-refractivity contribution in [2.45, 2.75) is 291 Å². The molecule has 78 heavy (non-hydrogen) atoms. The Morgan fingerprint density at radius 2 is 0.846 bits per heavy atom. The minimum atomic E-state index is -5.63. The van der Waals surface area contributed by atoms with Crippen molar-refractivity contribution in [1.29, 1.82) is 0 Å². The van der Waals surface area contributed by atoms with E-state index in [-0.39, 0.29) is 12.8 Å². The van der Waals surface area contributed by atoms with Gasteiger partial charge in [-0.15, -0.1) is 0 Å². The first kappa shape index (κ1) is 70.5. The number of unbranched alkanes of at least 4 members (excludes halogenated alkanes) is 22. The van der Waals surface area contributed by atoms with Crippen LogP contribution in [-0.2, 0) is 51.6 Å². The Morgan fingerprint density at radius 3 is 1.27 bits per heavy atom. The summed E-state index contributed by atoms with van der Waals surface area (Å²) >= 11 is 0. The summed E-state index contributed by atoms with van der Waals surface area (Å²) in [6.45, 7) is 0.981. The van der Waals surface area contributed by atoms with Crippen LogP contribution >= 0.6 is 7.82 Å². The summed E-state index contributed by atoms with van der Waals surface area (Å²) in [4.78, 5) is 37.4. The first-order chi connectivity index (χ1) is 37.4. The molecule has 16 unspecified atom stereocenters. The topological polar surface area (TPSA) is 368 Å². The molecule has 0 amide bonds. The van der Waals surface area contributed by atoms with Gasteiger partial charge in [0, 0.05) is 12.8 Å². The zero-order chi connectivity index (χ0) is 57.5. The summed E-state index contributed by atoms with van der Waals surface area (Å²) < 4.78 is 58.0. The number of ether oxygens (including phenoxy) is 6. The smallest absolute Gasteiger partial charge is 0.462 e. The Balaban J connectivity index is 1.72. The summed E-state index contributed by atoms with van der Waals surface area (Å²) in [6, 6.07) is 0. The molecule has 23 nitrogen and oxygen atoms in total. The predicted molar refractivity (Wildman–Crippen MR) is 282 cm³/mol. The van der Waals surface area contributed by atoms with Crippen molar-refractivity contribution < 1.29 is 113 Å². The second-order valence-corrected chi connectivity index (χ2v) is 22.6. The number of carbonyl (C=O) groups excluding carboxylic acids is 2. The average Bonchev–Trinajstić information content (AvgIpc) is 3.45. The summed E-state index contributed by atoms with van der Waals surface area (Å²) in [5.74, 6) is -1.35. The Kier molecular flexibility index (Phi) is 35.8. The van der Waals surface area contributed by atoms with Gasteiger partial charge in [0.25, 0.3) is 0 Å². The molecule has 0 spiro atoms. The number of phosphoric acid groups is 1. The van der Waals surface area contributed by atoms with Crippen LogP contribution in [0.5, 0.6) is 0 Å². The first-order valence-electron chi connectivity index (χ1n) is 29.0. The van der Waals surface area contributed by atoms with Gasteiger partial charge in [0.05, 0.1) is 19.8 Å².